The van der Waals surface area contributed by atoms with E-state index in [1.165, 1.54) is 12.1 Å². The Labute approximate surface area is 190 Å². The molecule has 1 N–H and O–H groups in total. The Hall–Kier alpha value is -3.26. The molecule has 3 heterocycles. The Kier molecular flexibility index (Phi) is 6.47. The highest BCUT2D eigenvalue weighted by molar-refractivity contribution is 5.94. The normalized spacial score (nSPS) is 16.1. The number of pyridine rings is 2. The van der Waals surface area contributed by atoms with E-state index in [4.69, 9.17) is 0 Å². The molecule has 8 heteroatoms. The molecule has 0 bridgehead atoms. The molecule has 1 atom stereocenters. The number of rotatable bonds is 6. The predicted molar refractivity (Wildman–Crippen MR) is 118 cm³/mol. The molecule has 1 aliphatic rings. The number of carbonyl (C=O) groups excluding carboxylic acids is 1. The fourth-order valence-electron chi connectivity index (χ4n) is 4.23. The van der Waals surface area contributed by atoms with E-state index in [2.05, 4.69) is 34.0 Å². The third-order valence-corrected chi connectivity index (χ3v) is 5.77. The van der Waals surface area contributed by atoms with Crippen LogP contribution in [0.4, 0.5) is 13.2 Å². The lowest BCUT2D eigenvalue weighted by atomic mass is 9.99. The van der Waals surface area contributed by atoms with Gasteiger partial charge < -0.3 is 5.32 Å². The van der Waals surface area contributed by atoms with Crippen LogP contribution in [0.25, 0.3) is 0 Å². The molecule has 0 aliphatic carbocycles. The lowest BCUT2D eigenvalue weighted by molar-refractivity contribution is -0.137. The fraction of sp³-hybridized carbons (Fsp3) is 0.320. The van der Waals surface area contributed by atoms with E-state index in [1.54, 1.807) is 12.4 Å². The summed E-state index contributed by atoms with van der Waals surface area (Å²) in [7, 11) is 0. The van der Waals surface area contributed by atoms with Crippen LogP contribution in [0, 0.1) is 5.92 Å². The summed E-state index contributed by atoms with van der Waals surface area (Å²) in [6, 6.07) is 12.7. The number of fused-ring (bicyclic) bond motifs is 1. The first kappa shape index (κ1) is 22.9. The van der Waals surface area contributed by atoms with Crippen LogP contribution in [-0.4, -0.2) is 20.8 Å². The molecule has 33 heavy (non-hydrogen) atoms. The van der Waals surface area contributed by atoms with Crippen LogP contribution < -0.4 is 5.32 Å². The molecule has 3 aromatic rings. The first-order valence-electron chi connectivity index (χ1n) is 10.8. The Morgan fingerprint density at radius 1 is 1.15 bits per heavy atom. The van der Waals surface area contributed by atoms with Crippen molar-refractivity contribution in [2.45, 2.75) is 45.7 Å². The van der Waals surface area contributed by atoms with Gasteiger partial charge in [0.15, 0.2) is 0 Å². The number of benzene rings is 1. The lowest BCUT2D eigenvalue weighted by Crippen LogP contribution is -2.26. The van der Waals surface area contributed by atoms with Gasteiger partial charge in [0.1, 0.15) is 0 Å². The van der Waals surface area contributed by atoms with Crippen molar-refractivity contribution in [1.29, 1.82) is 0 Å². The molecule has 172 valence electrons. The first-order chi connectivity index (χ1) is 15.7. The second-order valence-corrected chi connectivity index (χ2v) is 8.56. The number of halogens is 3. The van der Waals surface area contributed by atoms with Gasteiger partial charge in [0.05, 0.1) is 35.1 Å². The van der Waals surface area contributed by atoms with Gasteiger partial charge in [-0.05, 0) is 47.4 Å². The molecule has 5 nitrogen and oxygen atoms in total. The number of hydrogen-bond acceptors (Lipinski definition) is 4. The van der Waals surface area contributed by atoms with Gasteiger partial charge in [-0.15, -0.1) is 0 Å². The monoisotopic (exact) mass is 454 g/mol. The van der Waals surface area contributed by atoms with Gasteiger partial charge in [0.25, 0.3) is 5.91 Å². The summed E-state index contributed by atoms with van der Waals surface area (Å²) in [6.07, 6.45) is -1.08. The Balaban J connectivity index is 1.48. The topological polar surface area (TPSA) is 58.1 Å². The highest BCUT2D eigenvalue weighted by Crippen LogP contribution is 2.39. The van der Waals surface area contributed by atoms with E-state index in [-0.39, 0.29) is 17.9 Å². The molecular weight excluding hydrogens is 429 g/mol. The van der Waals surface area contributed by atoms with Gasteiger partial charge in [-0.1, -0.05) is 32.0 Å². The van der Waals surface area contributed by atoms with Crippen LogP contribution in [0.3, 0.4) is 0 Å². The minimum absolute atomic E-state index is 0.0212. The maximum atomic E-state index is 12.9. The molecule has 0 fully saturated rings. The van der Waals surface area contributed by atoms with Crippen molar-refractivity contribution in [1.82, 2.24) is 20.2 Å². The summed E-state index contributed by atoms with van der Waals surface area (Å²) in [5, 5.41) is 2.86. The lowest BCUT2D eigenvalue weighted by Gasteiger charge is -2.27. The van der Waals surface area contributed by atoms with Crippen LogP contribution in [0.2, 0.25) is 0 Å². The molecule has 0 saturated heterocycles. The molecule has 1 aromatic carbocycles. The Morgan fingerprint density at radius 3 is 2.55 bits per heavy atom. The fourth-order valence-corrected chi connectivity index (χ4v) is 4.23. The third-order valence-electron chi connectivity index (χ3n) is 5.77. The number of aromatic nitrogens is 2. The molecule has 1 amide bonds. The smallest absolute Gasteiger partial charge is 0.346 e. The molecule has 0 radical (unpaired) electrons. The van der Waals surface area contributed by atoms with Crippen molar-refractivity contribution >= 4 is 5.91 Å². The van der Waals surface area contributed by atoms with Crippen LogP contribution in [-0.2, 0) is 25.8 Å². The van der Waals surface area contributed by atoms with Gasteiger partial charge >= 0.3 is 6.18 Å². The third kappa shape index (κ3) is 5.22. The predicted octanol–water partition coefficient (Wildman–Crippen LogP) is 5.14. The zero-order valence-electron chi connectivity index (χ0n) is 18.4. The maximum Gasteiger partial charge on any atom is 0.416 e. The highest BCUT2D eigenvalue weighted by Gasteiger charge is 2.35. The van der Waals surface area contributed by atoms with Crippen molar-refractivity contribution in [3.05, 3.63) is 94.6 Å². The van der Waals surface area contributed by atoms with Crippen molar-refractivity contribution in [3.63, 3.8) is 0 Å². The number of amides is 1. The molecule has 1 aliphatic heterocycles. The van der Waals surface area contributed by atoms with E-state index >= 15 is 0 Å². The van der Waals surface area contributed by atoms with E-state index in [9.17, 15) is 18.0 Å². The average Bonchev–Trinajstić information content (AvgIpc) is 3.15. The van der Waals surface area contributed by atoms with E-state index in [1.807, 2.05) is 24.3 Å². The Morgan fingerprint density at radius 2 is 1.91 bits per heavy atom. The number of nitrogens with one attached hydrogen (secondary N) is 1. The molecule has 1 unspecified atom stereocenters. The quantitative estimate of drug-likeness (QED) is 0.561. The summed E-state index contributed by atoms with van der Waals surface area (Å²) in [5.41, 5.74) is 3.27. The summed E-state index contributed by atoms with van der Waals surface area (Å²) in [5.74, 6) is 0.0234. The summed E-state index contributed by atoms with van der Waals surface area (Å²) in [4.78, 5) is 23.6. The molecule has 2 aromatic heterocycles. The van der Waals surface area contributed by atoms with Gasteiger partial charge in [-0.25, -0.2) is 0 Å². The van der Waals surface area contributed by atoms with Crippen LogP contribution in [0.15, 0.2) is 60.9 Å². The molecule has 4 rings (SSSR count). The van der Waals surface area contributed by atoms with Crippen LogP contribution in [0.5, 0.6) is 0 Å². The highest BCUT2D eigenvalue weighted by atomic mass is 19.4. The zero-order valence-corrected chi connectivity index (χ0v) is 18.4. The van der Waals surface area contributed by atoms with Gasteiger partial charge in [0.2, 0.25) is 0 Å². The number of nitrogens with zero attached hydrogens (tertiary/aromatic N) is 3. The molecule has 0 spiro atoms. The van der Waals surface area contributed by atoms with Gasteiger partial charge in [-0.3, -0.25) is 19.7 Å². The average molecular weight is 454 g/mol. The van der Waals surface area contributed by atoms with Crippen molar-refractivity contribution in [3.8, 4) is 0 Å². The first-order valence-corrected chi connectivity index (χ1v) is 10.8. The second-order valence-electron chi connectivity index (χ2n) is 8.56. The van der Waals surface area contributed by atoms with E-state index in [0.717, 1.165) is 34.6 Å². The summed E-state index contributed by atoms with van der Waals surface area (Å²) >= 11 is 0. The number of hydrogen-bond donors (Lipinski definition) is 1. The van der Waals surface area contributed by atoms with E-state index in [0.29, 0.717) is 25.2 Å². The number of alkyl halides is 3. The summed E-state index contributed by atoms with van der Waals surface area (Å²) in [6.45, 7) is 5.58. The van der Waals surface area contributed by atoms with Gasteiger partial charge in [0, 0.05) is 25.5 Å². The van der Waals surface area contributed by atoms with Crippen molar-refractivity contribution in [2.75, 3.05) is 0 Å². The van der Waals surface area contributed by atoms with Crippen LogP contribution >= 0.6 is 0 Å². The minimum Gasteiger partial charge on any atom is -0.346 e. The number of carbonyl (C=O) groups is 1. The second kappa shape index (κ2) is 9.31. The van der Waals surface area contributed by atoms with Crippen molar-refractivity contribution < 1.29 is 18.0 Å². The SMILES string of the molecule is CC(C)C1c2ncc(C(=O)NCc3ccccn3)cc2CN1Cc1ccc(C(F)(F)F)cc1. The Bertz CT molecular complexity index is 1110. The zero-order chi connectivity index (χ0) is 23.6. The van der Waals surface area contributed by atoms with E-state index < -0.39 is 11.7 Å². The largest absolute Gasteiger partial charge is 0.416 e. The summed E-state index contributed by atoms with van der Waals surface area (Å²) < 4.78 is 38.6. The standard InChI is InChI=1S/C25H25F3N4O/c1-16(2)23-22-19(15-32(23)14-17-6-8-20(9-7-17)25(26,27)28)11-18(12-30-22)24(33)31-13-21-5-3-4-10-29-21/h3-12,16,23H,13-15H2,1-2H3,(H,31,33). The minimum atomic E-state index is -4.35. The molecule has 0 saturated carbocycles. The maximum absolute atomic E-state index is 12.9. The molecular formula is C25H25F3N4O. The van der Waals surface area contributed by atoms with Crippen LogP contribution in [0.1, 0.15) is 58.3 Å². The van der Waals surface area contributed by atoms with Crippen molar-refractivity contribution in [2.24, 2.45) is 5.92 Å². The van der Waals surface area contributed by atoms with Gasteiger partial charge in [-0.2, -0.15) is 13.2 Å².